The predicted octanol–water partition coefficient (Wildman–Crippen LogP) is 3.55. The molecule has 0 unspecified atom stereocenters. The molecule has 5 nitrogen and oxygen atoms in total. The number of halogens is 1. The zero-order chi connectivity index (χ0) is 17.5. The molecule has 2 aromatic carbocycles. The van der Waals surface area contributed by atoms with Crippen LogP contribution in [0.4, 0.5) is 5.69 Å². The fraction of sp³-hybridized carbons (Fsp3) is 0.167. The number of nitrogens with zero attached hydrogens (tertiary/aromatic N) is 1. The number of benzene rings is 2. The predicted molar refractivity (Wildman–Crippen MR) is 96.3 cm³/mol. The highest BCUT2D eigenvalue weighted by atomic mass is 35.5. The van der Waals surface area contributed by atoms with Gasteiger partial charge in [0.05, 0.1) is 6.21 Å². The number of amides is 2. The molecule has 0 bridgehead atoms. The molecule has 124 valence electrons. The van der Waals surface area contributed by atoms with Gasteiger partial charge in [0.1, 0.15) is 0 Å². The summed E-state index contributed by atoms with van der Waals surface area (Å²) in [5.41, 5.74) is 4.65. The second-order valence-corrected chi connectivity index (χ2v) is 5.92. The summed E-state index contributed by atoms with van der Waals surface area (Å²) in [7, 11) is 0. The molecule has 0 aliphatic carbocycles. The minimum Gasteiger partial charge on any atom is -0.318 e. The van der Waals surface area contributed by atoms with Crippen LogP contribution in [-0.4, -0.2) is 18.0 Å². The number of carbonyl (C=O) groups is 2. The lowest BCUT2D eigenvalue weighted by molar-refractivity contribution is -0.136. The van der Waals surface area contributed by atoms with E-state index in [-0.39, 0.29) is 0 Å². The van der Waals surface area contributed by atoms with E-state index in [1.54, 1.807) is 36.4 Å². The van der Waals surface area contributed by atoms with Crippen molar-refractivity contribution in [1.82, 2.24) is 5.43 Å². The molecule has 2 amide bonds. The standard InChI is InChI=1S/C18H18ClN3O2/c1-12(2)14-5-9-16(10-6-14)21-17(23)18(24)22-20-11-13-3-7-15(19)8-4-13/h3-12H,1-2H3,(H,21,23)(H,22,24)/b20-11-. The van der Waals surface area contributed by atoms with Crippen LogP contribution in [0, 0.1) is 0 Å². The molecule has 0 saturated carbocycles. The van der Waals surface area contributed by atoms with Crippen LogP contribution in [0.3, 0.4) is 0 Å². The molecular formula is C18H18ClN3O2. The Morgan fingerprint density at radius 1 is 1.00 bits per heavy atom. The number of nitrogens with one attached hydrogen (secondary N) is 2. The van der Waals surface area contributed by atoms with Crippen molar-refractivity contribution in [2.24, 2.45) is 5.10 Å². The van der Waals surface area contributed by atoms with E-state index >= 15 is 0 Å². The number of hydrogen-bond acceptors (Lipinski definition) is 3. The molecule has 0 spiro atoms. The summed E-state index contributed by atoms with van der Waals surface area (Å²) in [6.07, 6.45) is 1.43. The Labute approximate surface area is 145 Å². The summed E-state index contributed by atoms with van der Waals surface area (Å²) < 4.78 is 0. The molecule has 0 heterocycles. The lowest BCUT2D eigenvalue weighted by Gasteiger charge is -2.07. The van der Waals surface area contributed by atoms with Gasteiger partial charge in [-0.15, -0.1) is 0 Å². The van der Waals surface area contributed by atoms with Gasteiger partial charge in [0, 0.05) is 10.7 Å². The lowest BCUT2D eigenvalue weighted by atomic mass is 10.0. The van der Waals surface area contributed by atoms with Crippen LogP contribution in [0.15, 0.2) is 53.6 Å². The topological polar surface area (TPSA) is 70.6 Å². The molecule has 2 aromatic rings. The molecule has 0 aliphatic heterocycles. The Bertz CT molecular complexity index is 738. The molecule has 2 N–H and O–H groups in total. The molecule has 0 saturated heterocycles. The first-order chi connectivity index (χ1) is 11.5. The lowest BCUT2D eigenvalue weighted by Crippen LogP contribution is -2.32. The molecule has 0 radical (unpaired) electrons. The highest BCUT2D eigenvalue weighted by Gasteiger charge is 2.12. The normalized spacial score (nSPS) is 10.8. The third-order valence-corrected chi connectivity index (χ3v) is 3.54. The molecule has 0 fully saturated rings. The van der Waals surface area contributed by atoms with E-state index in [0.29, 0.717) is 16.6 Å². The smallest absolute Gasteiger partial charge is 0.318 e. The van der Waals surface area contributed by atoms with E-state index < -0.39 is 11.8 Å². The van der Waals surface area contributed by atoms with E-state index in [4.69, 9.17) is 11.6 Å². The number of carbonyl (C=O) groups excluding carboxylic acids is 2. The van der Waals surface area contributed by atoms with Crippen LogP contribution >= 0.6 is 11.6 Å². The maximum Gasteiger partial charge on any atom is 0.329 e. The molecule has 0 aliphatic rings. The number of anilines is 1. The van der Waals surface area contributed by atoms with Crippen molar-refractivity contribution in [3.8, 4) is 0 Å². The third kappa shape index (κ3) is 5.21. The molecule has 0 atom stereocenters. The van der Waals surface area contributed by atoms with E-state index in [2.05, 4.69) is 29.7 Å². The van der Waals surface area contributed by atoms with Gasteiger partial charge >= 0.3 is 11.8 Å². The number of rotatable bonds is 4. The van der Waals surface area contributed by atoms with E-state index in [1.807, 2.05) is 12.1 Å². The Morgan fingerprint density at radius 3 is 2.21 bits per heavy atom. The average molecular weight is 344 g/mol. The highest BCUT2D eigenvalue weighted by molar-refractivity contribution is 6.39. The summed E-state index contributed by atoms with van der Waals surface area (Å²) >= 11 is 5.77. The van der Waals surface area contributed by atoms with Gasteiger partial charge in [-0.05, 0) is 41.3 Å². The molecule has 24 heavy (non-hydrogen) atoms. The van der Waals surface area contributed by atoms with Gasteiger partial charge < -0.3 is 5.32 Å². The Kier molecular flexibility index (Phi) is 6.09. The van der Waals surface area contributed by atoms with Crippen molar-refractivity contribution >= 4 is 35.3 Å². The third-order valence-electron chi connectivity index (χ3n) is 3.29. The van der Waals surface area contributed by atoms with Gasteiger partial charge in [-0.1, -0.05) is 49.7 Å². The van der Waals surface area contributed by atoms with E-state index in [1.165, 1.54) is 6.21 Å². The molecule has 2 rings (SSSR count). The first kappa shape index (κ1) is 17.7. The average Bonchev–Trinajstić information content (AvgIpc) is 2.57. The zero-order valence-electron chi connectivity index (χ0n) is 13.4. The van der Waals surface area contributed by atoms with Gasteiger partial charge in [0.25, 0.3) is 0 Å². The maximum atomic E-state index is 11.8. The van der Waals surface area contributed by atoms with Crippen LogP contribution in [0.5, 0.6) is 0 Å². The Hall–Kier alpha value is -2.66. The summed E-state index contributed by atoms with van der Waals surface area (Å²) in [4.78, 5) is 23.5. The van der Waals surface area contributed by atoms with E-state index in [9.17, 15) is 9.59 Å². The van der Waals surface area contributed by atoms with Crippen LogP contribution in [0.1, 0.15) is 30.9 Å². The van der Waals surface area contributed by atoms with Crippen molar-refractivity contribution in [3.63, 3.8) is 0 Å². The van der Waals surface area contributed by atoms with Crippen LogP contribution in [0.2, 0.25) is 5.02 Å². The first-order valence-corrected chi connectivity index (χ1v) is 7.83. The van der Waals surface area contributed by atoms with Gasteiger partial charge in [-0.3, -0.25) is 9.59 Å². The SMILES string of the molecule is CC(C)c1ccc(NC(=O)C(=O)N/N=C\c2ccc(Cl)cc2)cc1. The van der Waals surface area contributed by atoms with Crippen molar-refractivity contribution in [2.75, 3.05) is 5.32 Å². The van der Waals surface area contributed by atoms with Crippen molar-refractivity contribution in [3.05, 3.63) is 64.7 Å². The minimum absolute atomic E-state index is 0.403. The summed E-state index contributed by atoms with van der Waals surface area (Å²) in [5.74, 6) is -1.21. The fourth-order valence-electron chi connectivity index (χ4n) is 1.90. The highest BCUT2D eigenvalue weighted by Crippen LogP contribution is 2.17. The monoisotopic (exact) mass is 343 g/mol. The molecule has 0 aromatic heterocycles. The van der Waals surface area contributed by atoms with Gasteiger partial charge in [0.15, 0.2) is 0 Å². The van der Waals surface area contributed by atoms with E-state index in [0.717, 1.165) is 11.1 Å². The zero-order valence-corrected chi connectivity index (χ0v) is 14.2. The second kappa shape index (κ2) is 8.26. The van der Waals surface area contributed by atoms with Crippen molar-refractivity contribution in [2.45, 2.75) is 19.8 Å². The largest absolute Gasteiger partial charge is 0.329 e. The first-order valence-electron chi connectivity index (χ1n) is 7.45. The molecule has 6 heteroatoms. The van der Waals surface area contributed by atoms with Crippen LogP contribution in [0.25, 0.3) is 0 Å². The summed E-state index contributed by atoms with van der Waals surface area (Å²) in [6.45, 7) is 4.17. The summed E-state index contributed by atoms with van der Waals surface area (Å²) in [5, 5.41) is 6.87. The Balaban J connectivity index is 1.87. The molecular weight excluding hydrogens is 326 g/mol. The fourth-order valence-corrected chi connectivity index (χ4v) is 2.03. The van der Waals surface area contributed by atoms with Crippen LogP contribution in [-0.2, 0) is 9.59 Å². The number of hydrogen-bond donors (Lipinski definition) is 2. The maximum absolute atomic E-state index is 11.8. The Morgan fingerprint density at radius 2 is 1.62 bits per heavy atom. The second-order valence-electron chi connectivity index (χ2n) is 5.48. The quantitative estimate of drug-likeness (QED) is 0.506. The van der Waals surface area contributed by atoms with Gasteiger partial charge in [0.2, 0.25) is 0 Å². The van der Waals surface area contributed by atoms with Crippen LogP contribution < -0.4 is 10.7 Å². The number of hydrazone groups is 1. The summed E-state index contributed by atoms with van der Waals surface area (Å²) in [6, 6.07) is 14.3. The van der Waals surface area contributed by atoms with Crippen molar-refractivity contribution < 1.29 is 9.59 Å². The van der Waals surface area contributed by atoms with Gasteiger partial charge in [-0.25, -0.2) is 5.43 Å². The minimum atomic E-state index is -0.840. The van der Waals surface area contributed by atoms with Crippen molar-refractivity contribution in [1.29, 1.82) is 0 Å². The van der Waals surface area contributed by atoms with Gasteiger partial charge in [-0.2, -0.15) is 5.10 Å².